The van der Waals surface area contributed by atoms with Crippen molar-refractivity contribution in [1.29, 1.82) is 0 Å². The molecule has 130 valence electrons. The molecule has 5 heteroatoms. The molecule has 3 aromatic rings. The van der Waals surface area contributed by atoms with Crippen molar-refractivity contribution in [2.45, 2.75) is 25.2 Å². The molecule has 0 bridgehead atoms. The smallest absolute Gasteiger partial charge is 0.276 e. The molecule has 2 N–H and O–H groups in total. The summed E-state index contributed by atoms with van der Waals surface area (Å²) >= 11 is 0. The van der Waals surface area contributed by atoms with E-state index in [2.05, 4.69) is 50.7 Å². The molecule has 1 aromatic heterocycles. The van der Waals surface area contributed by atoms with E-state index in [0.29, 0.717) is 11.6 Å². The number of hydrogen-bond donors (Lipinski definition) is 2. The third-order valence-corrected chi connectivity index (χ3v) is 5.18. The first-order valence-corrected chi connectivity index (χ1v) is 9.11. The molecule has 1 saturated carbocycles. The Morgan fingerprint density at radius 2 is 1.85 bits per heavy atom. The molecule has 26 heavy (non-hydrogen) atoms. The van der Waals surface area contributed by atoms with Crippen LogP contribution in [0.2, 0.25) is 0 Å². The summed E-state index contributed by atoms with van der Waals surface area (Å²) in [5.74, 6) is 0.380. The van der Waals surface area contributed by atoms with Crippen molar-refractivity contribution < 1.29 is 4.79 Å². The number of hydrogen-bond acceptors (Lipinski definition) is 3. The lowest BCUT2D eigenvalue weighted by molar-refractivity contribution is 0.102. The molecule has 1 aliphatic heterocycles. The number of amides is 1. The maximum atomic E-state index is 12.7. The van der Waals surface area contributed by atoms with Crippen LogP contribution in [-0.4, -0.2) is 22.6 Å². The van der Waals surface area contributed by atoms with Crippen molar-refractivity contribution in [2.24, 2.45) is 0 Å². The summed E-state index contributed by atoms with van der Waals surface area (Å²) in [5, 5.41) is 10.2. The molecule has 0 atom stereocenters. The van der Waals surface area contributed by atoms with E-state index in [-0.39, 0.29) is 5.91 Å². The maximum Gasteiger partial charge on any atom is 0.276 e. The number of nitrogens with one attached hydrogen (secondary N) is 2. The summed E-state index contributed by atoms with van der Waals surface area (Å²) in [6.45, 7) is 0.917. The molecule has 0 saturated heterocycles. The van der Waals surface area contributed by atoms with Crippen molar-refractivity contribution in [1.82, 2.24) is 10.2 Å². The number of carbonyl (C=O) groups excluding carboxylic acids is 1. The summed E-state index contributed by atoms with van der Waals surface area (Å²) < 4.78 is 0. The highest BCUT2D eigenvalue weighted by molar-refractivity contribution is 6.05. The van der Waals surface area contributed by atoms with Crippen LogP contribution < -0.4 is 10.2 Å². The van der Waals surface area contributed by atoms with Crippen LogP contribution >= 0.6 is 0 Å². The van der Waals surface area contributed by atoms with Gasteiger partial charge in [0.15, 0.2) is 5.69 Å². The Bertz CT molecular complexity index is 973. The molecule has 1 aliphatic carbocycles. The summed E-state index contributed by atoms with van der Waals surface area (Å²) in [6.07, 6.45) is 3.38. The van der Waals surface area contributed by atoms with Gasteiger partial charge in [-0.2, -0.15) is 5.10 Å². The van der Waals surface area contributed by atoms with E-state index in [1.807, 2.05) is 24.3 Å². The Hall–Kier alpha value is -3.08. The molecule has 2 aliphatic rings. The molecule has 2 heterocycles. The van der Waals surface area contributed by atoms with Crippen LogP contribution in [0.5, 0.6) is 0 Å². The van der Waals surface area contributed by atoms with Crippen molar-refractivity contribution in [2.75, 3.05) is 16.8 Å². The first-order chi connectivity index (χ1) is 12.8. The topological polar surface area (TPSA) is 61.0 Å². The zero-order chi connectivity index (χ0) is 17.5. The molecule has 5 nitrogen and oxygen atoms in total. The molecular weight excluding hydrogens is 324 g/mol. The Balaban J connectivity index is 1.42. The molecule has 0 unspecified atom stereocenters. The monoisotopic (exact) mass is 344 g/mol. The van der Waals surface area contributed by atoms with E-state index >= 15 is 0 Å². The Morgan fingerprint density at radius 1 is 1.08 bits per heavy atom. The Labute approximate surface area is 152 Å². The number of rotatable bonds is 4. The number of para-hydroxylation sites is 3. The minimum Gasteiger partial charge on any atom is -0.339 e. The second-order valence-electron chi connectivity index (χ2n) is 6.98. The highest BCUT2D eigenvalue weighted by atomic mass is 16.1. The van der Waals surface area contributed by atoms with Crippen LogP contribution in [-0.2, 0) is 6.42 Å². The van der Waals surface area contributed by atoms with Gasteiger partial charge in [0.25, 0.3) is 5.91 Å². The molecule has 2 aromatic carbocycles. The molecule has 1 amide bonds. The van der Waals surface area contributed by atoms with Crippen LogP contribution in [0, 0.1) is 0 Å². The van der Waals surface area contributed by atoms with Crippen molar-refractivity contribution in [3.05, 3.63) is 71.5 Å². The van der Waals surface area contributed by atoms with E-state index in [9.17, 15) is 4.79 Å². The minimum atomic E-state index is -0.173. The maximum absolute atomic E-state index is 12.7. The van der Waals surface area contributed by atoms with Crippen molar-refractivity contribution in [3.8, 4) is 0 Å². The second kappa shape index (κ2) is 6.02. The molecule has 5 rings (SSSR count). The first kappa shape index (κ1) is 15.2. The third kappa shape index (κ3) is 2.65. The summed E-state index contributed by atoms with van der Waals surface area (Å²) in [5.41, 5.74) is 5.90. The predicted molar refractivity (Wildman–Crippen MR) is 102 cm³/mol. The number of anilines is 3. The zero-order valence-corrected chi connectivity index (χ0v) is 14.4. The standard InChI is InChI=1S/C21H20N4O/c26-21(18-13-17(23-24-18)14-9-10-14)22-16-6-2-4-8-20(16)25-12-11-15-5-1-3-7-19(15)25/h1-8,13-14H,9-12H2,(H,22,26)(H,23,24). The highest BCUT2D eigenvalue weighted by Gasteiger charge is 2.27. The van der Waals surface area contributed by atoms with Crippen LogP contribution in [0.3, 0.4) is 0 Å². The first-order valence-electron chi connectivity index (χ1n) is 9.11. The van der Waals surface area contributed by atoms with Gasteiger partial charge in [-0.05, 0) is 49.1 Å². The van der Waals surface area contributed by atoms with Gasteiger partial charge in [-0.15, -0.1) is 0 Å². The average molecular weight is 344 g/mol. The van der Waals surface area contributed by atoms with Crippen LogP contribution in [0.15, 0.2) is 54.6 Å². The average Bonchev–Trinajstić information content (AvgIpc) is 3.25. The van der Waals surface area contributed by atoms with E-state index in [1.165, 1.54) is 24.1 Å². The van der Waals surface area contributed by atoms with Crippen molar-refractivity contribution in [3.63, 3.8) is 0 Å². The fourth-order valence-corrected chi connectivity index (χ4v) is 3.65. The number of H-pyrrole nitrogens is 1. The molecule has 1 fully saturated rings. The Morgan fingerprint density at radius 3 is 2.69 bits per heavy atom. The number of nitrogens with zero attached hydrogens (tertiary/aromatic N) is 2. The van der Waals surface area contributed by atoms with Crippen LogP contribution in [0.1, 0.15) is 40.5 Å². The minimum absolute atomic E-state index is 0.173. The number of carbonyl (C=O) groups is 1. The van der Waals surface area contributed by atoms with Gasteiger partial charge in [-0.1, -0.05) is 30.3 Å². The van der Waals surface area contributed by atoms with E-state index in [1.54, 1.807) is 0 Å². The predicted octanol–water partition coefficient (Wildman–Crippen LogP) is 4.23. The largest absolute Gasteiger partial charge is 0.339 e. The van der Waals surface area contributed by atoms with Gasteiger partial charge in [-0.3, -0.25) is 9.89 Å². The van der Waals surface area contributed by atoms with Gasteiger partial charge >= 0.3 is 0 Å². The van der Waals surface area contributed by atoms with Gasteiger partial charge < -0.3 is 10.2 Å². The molecular formula is C21H20N4O. The van der Waals surface area contributed by atoms with Gasteiger partial charge in [0.2, 0.25) is 0 Å². The number of aromatic nitrogens is 2. The molecule has 0 spiro atoms. The fraction of sp³-hybridized carbons (Fsp3) is 0.238. The van der Waals surface area contributed by atoms with Crippen LogP contribution in [0.25, 0.3) is 0 Å². The lowest BCUT2D eigenvalue weighted by atomic mass is 10.1. The highest BCUT2D eigenvalue weighted by Crippen LogP contribution is 2.40. The lowest BCUT2D eigenvalue weighted by Crippen LogP contribution is -2.18. The van der Waals surface area contributed by atoms with E-state index < -0.39 is 0 Å². The second-order valence-corrected chi connectivity index (χ2v) is 6.98. The quantitative estimate of drug-likeness (QED) is 0.744. The van der Waals surface area contributed by atoms with Gasteiger partial charge in [0, 0.05) is 23.8 Å². The van der Waals surface area contributed by atoms with Gasteiger partial charge in [-0.25, -0.2) is 0 Å². The summed E-state index contributed by atoms with van der Waals surface area (Å²) in [6, 6.07) is 18.3. The number of benzene rings is 2. The Kier molecular flexibility index (Phi) is 3.52. The zero-order valence-electron chi connectivity index (χ0n) is 14.4. The summed E-state index contributed by atoms with van der Waals surface area (Å²) in [7, 11) is 0. The van der Waals surface area contributed by atoms with E-state index in [4.69, 9.17) is 0 Å². The third-order valence-electron chi connectivity index (χ3n) is 5.18. The van der Waals surface area contributed by atoms with Gasteiger partial charge in [0.1, 0.15) is 0 Å². The van der Waals surface area contributed by atoms with E-state index in [0.717, 1.165) is 30.0 Å². The normalized spacial score (nSPS) is 15.8. The lowest BCUT2D eigenvalue weighted by Gasteiger charge is -2.22. The SMILES string of the molecule is O=C(Nc1ccccc1N1CCc2ccccc21)c1cc(C2CC2)[nH]n1. The fourth-order valence-electron chi connectivity index (χ4n) is 3.65. The van der Waals surface area contributed by atoms with Gasteiger partial charge in [0.05, 0.1) is 11.4 Å². The number of aromatic amines is 1. The summed E-state index contributed by atoms with van der Waals surface area (Å²) in [4.78, 5) is 14.9. The number of fused-ring (bicyclic) bond motifs is 1. The van der Waals surface area contributed by atoms with Crippen LogP contribution in [0.4, 0.5) is 17.1 Å². The van der Waals surface area contributed by atoms with Crippen molar-refractivity contribution >= 4 is 23.0 Å². The molecule has 0 radical (unpaired) electrons.